The SMILES string of the molecule is COc1cccc(-c2ccc(COc3cccc([C@H](CC(=O)O)C4CCC4)c3)cc2[C@H]2CCCC2(C)C)c1. The molecule has 38 heavy (non-hydrogen) atoms. The van der Waals surface area contributed by atoms with Crippen molar-refractivity contribution in [3.8, 4) is 22.6 Å². The first-order valence-electron chi connectivity index (χ1n) is 14.1. The molecule has 2 aliphatic rings. The molecule has 2 aliphatic carbocycles. The summed E-state index contributed by atoms with van der Waals surface area (Å²) in [7, 11) is 1.71. The number of hydrogen-bond donors (Lipinski definition) is 1. The molecule has 0 aliphatic heterocycles. The molecule has 1 N–H and O–H groups in total. The van der Waals surface area contributed by atoms with E-state index < -0.39 is 5.97 Å². The Morgan fingerprint density at radius 3 is 2.45 bits per heavy atom. The highest BCUT2D eigenvalue weighted by Gasteiger charge is 2.37. The standard InChI is InChI=1S/C34H40O4/c1-34(2)17-7-14-32(34)31-18-23(15-16-29(31)25-10-5-12-27(19-25)37-3)22-38-28-13-6-11-26(20-28)30(21-33(35)36)24-8-4-9-24/h5-6,10-13,15-16,18-20,24,30,32H,4,7-9,14,17,21-22H2,1-3H3,(H,35,36)/t30-,32-/m1/s1. The van der Waals surface area contributed by atoms with Crippen molar-refractivity contribution in [3.05, 3.63) is 83.4 Å². The van der Waals surface area contributed by atoms with E-state index in [-0.39, 0.29) is 17.8 Å². The van der Waals surface area contributed by atoms with Crippen molar-refractivity contribution in [2.24, 2.45) is 11.3 Å². The maximum atomic E-state index is 11.5. The van der Waals surface area contributed by atoms with E-state index in [1.807, 2.05) is 18.2 Å². The smallest absolute Gasteiger partial charge is 0.303 e. The fraction of sp³-hybridized carbons (Fsp3) is 0.441. The van der Waals surface area contributed by atoms with Gasteiger partial charge in [-0.15, -0.1) is 0 Å². The van der Waals surface area contributed by atoms with Gasteiger partial charge < -0.3 is 14.6 Å². The summed E-state index contributed by atoms with van der Waals surface area (Å²) >= 11 is 0. The lowest BCUT2D eigenvalue weighted by Gasteiger charge is -2.33. The monoisotopic (exact) mass is 512 g/mol. The van der Waals surface area contributed by atoms with Crippen molar-refractivity contribution in [2.45, 2.75) is 77.2 Å². The van der Waals surface area contributed by atoms with E-state index in [4.69, 9.17) is 9.47 Å². The summed E-state index contributed by atoms with van der Waals surface area (Å²) in [4.78, 5) is 11.5. The molecule has 2 saturated carbocycles. The quantitative estimate of drug-likeness (QED) is 0.295. The summed E-state index contributed by atoms with van der Waals surface area (Å²) in [6, 6.07) is 23.2. The zero-order valence-electron chi connectivity index (χ0n) is 22.9. The van der Waals surface area contributed by atoms with Crippen LogP contribution in [0.4, 0.5) is 0 Å². The Bertz CT molecular complexity index is 1270. The zero-order valence-corrected chi connectivity index (χ0v) is 22.9. The molecule has 0 bridgehead atoms. The van der Waals surface area contributed by atoms with Gasteiger partial charge in [0.1, 0.15) is 18.1 Å². The van der Waals surface area contributed by atoms with Gasteiger partial charge in [0, 0.05) is 0 Å². The van der Waals surface area contributed by atoms with E-state index in [0.717, 1.165) is 35.5 Å². The maximum absolute atomic E-state index is 11.5. The summed E-state index contributed by atoms with van der Waals surface area (Å²) in [5.74, 6) is 1.95. The Hall–Kier alpha value is -3.27. The highest BCUT2D eigenvalue weighted by molar-refractivity contribution is 5.70. The number of rotatable bonds is 10. The average Bonchev–Trinajstić information content (AvgIpc) is 3.24. The molecule has 5 rings (SSSR count). The zero-order chi connectivity index (χ0) is 26.7. The molecule has 0 spiro atoms. The summed E-state index contributed by atoms with van der Waals surface area (Å²) in [6.07, 6.45) is 7.29. The Kier molecular flexibility index (Phi) is 7.78. The molecular weight excluding hydrogens is 472 g/mol. The molecule has 0 unspecified atom stereocenters. The molecular formula is C34H40O4. The van der Waals surface area contributed by atoms with Gasteiger partial charge in [0.15, 0.2) is 0 Å². The van der Waals surface area contributed by atoms with Crippen molar-refractivity contribution in [1.82, 2.24) is 0 Å². The largest absolute Gasteiger partial charge is 0.497 e. The minimum absolute atomic E-state index is 0.0585. The van der Waals surface area contributed by atoms with Gasteiger partial charge >= 0.3 is 5.97 Å². The molecule has 3 aromatic rings. The summed E-state index contributed by atoms with van der Waals surface area (Å²) in [5.41, 5.74) is 6.33. The number of ether oxygens (including phenoxy) is 2. The third-order valence-electron chi connectivity index (χ3n) is 8.93. The molecule has 2 atom stereocenters. The van der Waals surface area contributed by atoms with Crippen LogP contribution in [0.1, 0.15) is 87.3 Å². The van der Waals surface area contributed by atoms with Crippen LogP contribution in [0.15, 0.2) is 66.7 Å². The van der Waals surface area contributed by atoms with Gasteiger partial charge in [-0.1, -0.05) is 69.2 Å². The van der Waals surface area contributed by atoms with Crippen molar-refractivity contribution >= 4 is 5.97 Å². The Morgan fingerprint density at radius 1 is 0.974 bits per heavy atom. The first kappa shape index (κ1) is 26.3. The van der Waals surface area contributed by atoms with E-state index in [2.05, 4.69) is 62.4 Å². The van der Waals surface area contributed by atoms with E-state index in [1.54, 1.807) is 7.11 Å². The molecule has 0 aromatic heterocycles. The van der Waals surface area contributed by atoms with Crippen LogP contribution in [-0.4, -0.2) is 18.2 Å². The topological polar surface area (TPSA) is 55.8 Å². The highest BCUT2D eigenvalue weighted by atomic mass is 16.5. The van der Waals surface area contributed by atoms with Gasteiger partial charge in [0.05, 0.1) is 13.5 Å². The molecule has 4 nitrogen and oxygen atoms in total. The molecule has 4 heteroatoms. The summed E-state index contributed by atoms with van der Waals surface area (Å²) in [6.45, 7) is 5.27. The van der Waals surface area contributed by atoms with E-state index in [1.165, 1.54) is 42.4 Å². The third-order valence-corrected chi connectivity index (χ3v) is 8.93. The number of carbonyl (C=O) groups is 1. The molecule has 200 valence electrons. The van der Waals surface area contributed by atoms with Gasteiger partial charge in [0.2, 0.25) is 0 Å². The summed E-state index contributed by atoms with van der Waals surface area (Å²) in [5, 5.41) is 9.48. The second-order valence-electron chi connectivity index (χ2n) is 11.8. The van der Waals surface area contributed by atoms with Crippen molar-refractivity contribution in [2.75, 3.05) is 7.11 Å². The third kappa shape index (κ3) is 5.75. The number of carboxylic acid groups (broad SMARTS) is 1. The van der Waals surface area contributed by atoms with Gasteiger partial charge in [0.25, 0.3) is 0 Å². The number of aliphatic carboxylic acids is 1. The van der Waals surface area contributed by atoms with Crippen LogP contribution in [0.25, 0.3) is 11.1 Å². The molecule has 2 fully saturated rings. The van der Waals surface area contributed by atoms with Gasteiger partial charge in [-0.3, -0.25) is 4.79 Å². The minimum Gasteiger partial charge on any atom is -0.497 e. The predicted octanol–water partition coefficient (Wildman–Crippen LogP) is 8.59. The number of benzene rings is 3. The summed E-state index contributed by atoms with van der Waals surface area (Å²) < 4.78 is 11.8. The normalized spacial score (nSPS) is 19.5. The van der Waals surface area contributed by atoms with Crippen LogP contribution in [0.5, 0.6) is 11.5 Å². The van der Waals surface area contributed by atoms with Crippen LogP contribution in [0.2, 0.25) is 0 Å². The molecule has 0 amide bonds. The molecule has 3 aromatic carbocycles. The van der Waals surface area contributed by atoms with Crippen molar-refractivity contribution in [1.29, 1.82) is 0 Å². The van der Waals surface area contributed by atoms with Crippen LogP contribution in [-0.2, 0) is 11.4 Å². The number of methoxy groups -OCH3 is 1. The Morgan fingerprint density at radius 2 is 1.76 bits per heavy atom. The molecule has 0 saturated heterocycles. The van der Waals surface area contributed by atoms with E-state index in [0.29, 0.717) is 18.4 Å². The van der Waals surface area contributed by atoms with E-state index in [9.17, 15) is 9.90 Å². The minimum atomic E-state index is -0.730. The van der Waals surface area contributed by atoms with Gasteiger partial charge in [-0.2, -0.15) is 0 Å². The number of carboxylic acids is 1. The maximum Gasteiger partial charge on any atom is 0.303 e. The Balaban J connectivity index is 1.40. The van der Waals surface area contributed by atoms with Gasteiger partial charge in [-0.25, -0.2) is 0 Å². The molecule has 0 radical (unpaired) electrons. The second kappa shape index (κ2) is 11.2. The lowest BCUT2D eigenvalue weighted by atomic mass is 9.72. The van der Waals surface area contributed by atoms with Crippen LogP contribution >= 0.6 is 0 Å². The van der Waals surface area contributed by atoms with Crippen LogP contribution in [0.3, 0.4) is 0 Å². The number of hydrogen-bond acceptors (Lipinski definition) is 3. The van der Waals surface area contributed by atoms with Crippen LogP contribution in [0, 0.1) is 11.3 Å². The average molecular weight is 513 g/mol. The second-order valence-corrected chi connectivity index (χ2v) is 11.8. The lowest BCUT2D eigenvalue weighted by molar-refractivity contribution is -0.138. The van der Waals surface area contributed by atoms with Crippen LogP contribution < -0.4 is 9.47 Å². The van der Waals surface area contributed by atoms with Crippen molar-refractivity contribution in [3.63, 3.8) is 0 Å². The first-order valence-corrected chi connectivity index (χ1v) is 14.1. The lowest BCUT2D eigenvalue weighted by Crippen LogP contribution is -2.22. The van der Waals surface area contributed by atoms with Gasteiger partial charge in [-0.05, 0) is 101 Å². The fourth-order valence-corrected chi connectivity index (χ4v) is 6.54. The Labute approximate surface area is 227 Å². The highest BCUT2D eigenvalue weighted by Crippen LogP contribution is 2.51. The predicted molar refractivity (Wildman–Crippen MR) is 152 cm³/mol. The molecule has 0 heterocycles. The van der Waals surface area contributed by atoms with Crippen molar-refractivity contribution < 1.29 is 19.4 Å². The fourth-order valence-electron chi connectivity index (χ4n) is 6.54. The first-order chi connectivity index (χ1) is 18.3. The van der Waals surface area contributed by atoms with E-state index >= 15 is 0 Å².